The lowest BCUT2D eigenvalue weighted by Crippen LogP contribution is -2.10. The molecule has 0 aromatic carbocycles. The number of nitrogens with one attached hydrogen (secondary N) is 1. The van der Waals surface area contributed by atoms with Crippen molar-refractivity contribution in [3.63, 3.8) is 0 Å². The van der Waals surface area contributed by atoms with Crippen LogP contribution in [0.15, 0.2) is 10.7 Å². The molecule has 1 aromatic rings. The first-order valence-electron chi connectivity index (χ1n) is 6.60. The SMILES string of the molecule is CCCc1nc(Br)cc(NCCCOCCOC)n1. The van der Waals surface area contributed by atoms with E-state index >= 15 is 0 Å². The van der Waals surface area contributed by atoms with Gasteiger partial charge in [-0.1, -0.05) is 6.92 Å². The first-order valence-corrected chi connectivity index (χ1v) is 7.39. The van der Waals surface area contributed by atoms with Crippen LogP contribution in [0.1, 0.15) is 25.6 Å². The average Bonchev–Trinajstić information content (AvgIpc) is 2.37. The minimum Gasteiger partial charge on any atom is -0.382 e. The average molecular weight is 332 g/mol. The number of methoxy groups -OCH3 is 1. The standard InChI is InChI=1S/C13H22BrN3O2/c1-3-5-12-16-11(14)10-13(17-12)15-6-4-7-19-9-8-18-2/h10H,3-9H2,1-2H3,(H,15,16,17). The molecule has 1 rings (SSSR count). The summed E-state index contributed by atoms with van der Waals surface area (Å²) >= 11 is 3.40. The molecule has 5 nitrogen and oxygen atoms in total. The van der Waals surface area contributed by atoms with Gasteiger partial charge in [-0.05, 0) is 28.8 Å². The van der Waals surface area contributed by atoms with Gasteiger partial charge in [0.25, 0.3) is 0 Å². The van der Waals surface area contributed by atoms with Gasteiger partial charge in [0.05, 0.1) is 13.2 Å². The van der Waals surface area contributed by atoms with E-state index in [0.29, 0.717) is 13.2 Å². The van der Waals surface area contributed by atoms with Gasteiger partial charge in [0, 0.05) is 32.7 Å². The summed E-state index contributed by atoms with van der Waals surface area (Å²) in [5.41, 5.74) is 0. The zero-order chi connectivity index (χ0) is 13.9. The van der Waals surface area contributed by atoms with Gasteiger partial charge in [-0.25, -0.2) is 9.97 Å². The molecular weight excluding hydrogens is 310 g/mol. The molecule has 0 fully saturated rings. The number of rotatable bonds is 10. The maximum Gasteiger partial charge on any atom is 0.132 e. The van der Waals surface area contributed by atoms with Crippen molar-refractivity contribution < 1.29 is 9.47 Å². The molecule has 19 heavy (non-hydrogen) atoms. The summed E-state index contributed by atoms with van der Waals surface area (Å²) in [6.45, 7) is 4.98. The molecule has 0 radical (unpaired) electrons. The second-order valence-corrected chi connectivity index (χ2v) is 4.94. The van der Waals surface area contributed by atoms with Gasteiger partial charge in [0.15, 0.2) is 0 Å². The summed E-state index contributed by atoms with van der Waals surface area (Å²) < 4.78 is 11.1. The van der Waals surface area contributed by atoms with E-state index in [1.807, 2.05) is 6.07 Å². The van der Waals surface area contributed by atoms with Crippen molar-refractivity contribution in [1.82, 2.24) is 9.97 Å². The highest BCUT2D eigenvalue weighted by Crippen LogP contribution is 2.13. The van der Waals surface area contributed by atoms with E-state index in [1.165, 1.54) is 0 Å². The van der Waals surface area contributed by atoms with Crippen LogP contribution >= 0.6 is 15.9 Å². The Morgan fingerprint density at radius 2 is 2.11 bits per heavy atom. The van der Waals surface area contributed by atoms with Gasteiger partial charge in [0.1, 0.15) is 16.2 Å². The topological polar surface area (TPSA) is 56.3 Å². The van der Waals surface area contributed by atoms with Crippen molar-refractivity contribution in [2.45, 2.75) is 26.2 Å². The number of halogens is 1. The lowest BCUT2D eigenvalue weighted by molar-refractivity contribution is 0.0705. The smallest absolute Gasteiger partial charge is 0.132 e. The summed E-state index contributed by atoms with van der Waals surface area (Å²) in [5, 5.41) is 3.28. The van der Waals surface area contributed by atoms with Crippen LogP contribution in [0.25, 0.3) is 0 Å². The van der Waals surface area contributed by atoms with Gasteiger partial charge in [-0.15, -0.1) is 0 Å². The zero-order valence-electron chi connectivity index (χ0n) is 11.6. The van der Waals surface area contributed by atoms with Gasteiger partial charge < -0.3 is 14.8 Å². The molecule has 6 heteroatoms. The predicted molar refractivity (Wildman–Crippen MR) is 79.5 cm³/mol. The fourth-order valence-corrected chi connectivity index (χ4v) is 1.95. The Balaban J connectivity index is 2.25. The first-order chi connectivity index (χ1) is 9.26. The van der Waals surface area contributed by atoms with E-state index in [2.05, 4.69) is 38.1 Å². The quantitative estimate of drug-likeness (QED) is 0.527. The largest absolute Gasteiger partial charge is 0.382 e. The van der Waals surface area contributed by atoms with E-state index in [-0.39, 0.29) is 0 Å². The fourth-order valence-electron chi connectivity index (χ4n) is 1.53. The molecule has 0 amide bonds. The third kappa shape index (κ3) is 7.44. The Labute approximate surface area is 123 Å². The minimum absolute atomic E-state index is 0.645. The highest BCUT2D eigenvalue weighted by atomic mass is 79.9. The van der Waals surface area contributed by atoms with Crippen molar-refractivity contribution in [2.24, 2.45) is 0 Å². The molecule has 0 unspecified atom stereocenters. The molecule has 108 valence electrons. The first kappa shape index (κ1) is 16.3. The van der Waals surface area contributed by atoms with Crippen LogP contribution in [-0.4, -0.2) is 43.4 Å². The van der Waals surface area contributed by atoms with Crippen LogP contribution in [0.3, 0.4) is 0 Å². The molecule has 0 atom stereocenters. The van der Waals surface area contributed by atoms with Crippen molar-refractivity contribution in [2.75, 3.05) is 38.8 Å². The van der Waals surface area contributed by atoms with E-state index in [0.717, 1.165) is 48.7 Å². The third-order valence-electron chi connectivity index (χ3n) is 2.42. The molecule has 0 aliphatic rings. The number of ether oxygens (including phenoxy) is 2. The lowest BCUT2D eigenvalue weighted by Gasteiger charge is -2.08. The van der Waals surface area contributed by atoms with Gasteiger partial charge >= 0.3 is 0 Å². The Morgan fingerprint density at radius 1 is 1.26 bits per heavy atom. The van der Waals surface area contributed by atoms with Crippen molar-refractivity contribution in [3.8, 4) is 0 Å². The normalized spacial score (nSPS) is 10.7. The summed E-state index contributed by atoms with van der Waals surface area (Å²) in [4.78, 5) is 8.79. The van der Waals surface area contributed by atoms with Crippen molar-refractivity contribution in [3.05, 3.63) is 16.5 Å². The molecule has 0 saturated heterocycles. The summed E-state index contributed by atoms with van der Waals surface area (Å²) in [6.07, 6.45) is 2.88. The molecular formula is C13H22BrN3O2. The molecule has 0 spiro atoms. The number of nitrogens with zero attached hydrogens (tertiary/aromatic N) is 2. The van der Waals surface area contributed by atoms with Gasteiger partial charge in [-0.2, -0.15) is 0 Å². The molecule has 0 aliphatic carbocycles. The number of hydrogen-bond acceptors (Lipinski definition) is 5. The van der Waals surface area contributed by atoms with Gasteiger partial charge in [-0.3, -0.25) is 0 Å². The van der Waals surface area contributed by atoms with E-state index in [1.54, 1.807) is 7.11 Å². The van der Waals surface area contributed by atoms with E-state index in [9.17, 15) is 0 Å². The fraction of sp³-hybridized carbons (Fsp3) is 0.692. The number of anilines is 1. The summed E-state index contributed by atoms with van der Waals surface area (Å²) in [6, 6.07) is 1.89. The lowest BCUT2D eigenvalue weighted by atomic mass is 10.3. The summed E-state index contributed by atoms with van der Waals surface area (Å²) in [7, 11) is 1.67. The number of aromatic nitrogens is 2. The Hall–Kier alpha value is -0.720. The Kier molecular flexibility index (Phi) is 8.69. The maximum absolute atomic E-state index is 5.39. The van der Waals surface area contributed by atoms with Crippen molar-refractivity contribution in [1.29, 1.82) is 0 Å². The van der Waals surface area contributed by atoms with E-state index < -0.39 is 0 Å². The number of hydrogen-bond donors (Lipinski definition) is 1. The zero-order valence-corrected chi connectivity index (χ0v) is 13.2. The minimum atomic E-state index is 0.645. The van der Waals surface area contributed by atoms with Gasteiger partial charge in [0.2, 0.25) is 0 Å². The van der Waals surface area contributed by atoms with Crippen LogP contribution in [0.4, 0.5) is 5.82 Å². The second kappa shape index (κ2) is 10.1. The van der Waals surface area contributed by atoms with Crippen LogP contribution < -0.4 is 5.32 Å². The molecule has 1 N–H and O–H groups in total. The molecule has 0 aliphatic heterocycles. The number of aryl methyl sites for hydroxylation is 1. The van der Waals surface area contributed by atoms with Crippen LogP contribution in [0, 0.1) is 0 Å². The van der Waals surface area contributed by atoms with E-state index in [4.69, 9.17) is 9.47 Å². The van der Waals surface area contributed by atoms with Crippen LogP contribution in [0.2, 0.25) is 0 Å². The third-order valence-corrected chi connectivity index (χ3v) is 2.82. The molecule has 1 aromatic heterocycles. The van der Waals surface area contributed by atoms with Crippen molar-refractivity contribution >= 4 is 21.7 Å². The van der Waals surface area contributed by atoms with Crippen LogP contribution in [-0.2, 0) is 15.9 Å². The Bertz CT molecular complexity index is 364. The Morgan fingerprint density at radius 3 is 2.84 bits per heavy atom. The monoisotopic (exact) mass is 331 g/mol. The molecule has 0 saturated carbocycles. The molecule has 1 heterocycles. The highest BCUT2D eigenvalue weighted by Gasteiger charge is 2.02. The predicted octanol–water partition coefficient (Wildman–Crippen LogP) is 2.66. The van der Waals surface area contributed by atoms with Crippen LogP contribution in [0.5, 0.6) is 0 Å². The summed E-state index contributed by atoms with van der Waals surface area (Å²) in [5.74, 6) is 1.73. The maximum atomic E-state index is 5.39. The molecule has 0 bridgehead atoms. The highest BCUT2D eigenvalue weighted by molar-refractivity contribution is 9.10. The second-order valence-electron chi connectivity index (χ2n) is 4.13.